The Bertz CT molecular complexity index is 1560. The maximum absolute atomic E-state index is 12.5. The number of carbonyl (C=O) groups excluding carboxylic acids is 1. The quantitative estimate of drug-likeness (QED) is 0.149. The minimum absolute atomic E-state index is 0. The first-order chi connectivity index (χ1) is 20.4. The van der Waals surface area contributed by atoms with Gasteiger partial charge in [-0.3, -0.25) is 9.69 Å². The molecule has 5 rings (SSSR count). The zero-order chi connectivity index (χ0) is 29.5. The van der Waals surface area contributed by atoms with Crippen LogP contribution >= 0.6 is 23.2 Å². The van der Waals surface area contributed by atoms with Crippen molar-refractivity contribution in [2.45, 2.75) is 14.4 Å². The second-order valence-electron chi connectivity index (χ2n) is 10.1. The lowest BCUT2D eigenvalue weighted by molar-refractivity contribution is 0.0955. The van der Waals surface area contributed by atoms with E-state index in [-0.39, 0.29) is 19.6 Å². The van der Waals surface area contributed by atoms with Crippen molar-refractivity contribution in [2.24, 2.45) is 5.10 Å². The largest absolute Gasteiger partial charge is 0.506 e. The van der Waals surface area contributed by atoms with Gasteiger partial charge in [-0.05, 0) is 78.2 Å². The molecule has 0 saturated carbocycles. The average molecular weight is 622 g/mol. The van der Waals surface area contributed by atoms with E-state index in [0.29, 0.717) is 12.2 Å². The highest BCUT2D eigenvalue weighted by molar-refractivity contribution is 6.32. The van der Waals surface area contributed by atoms with Gasteiger partial charge < -0.3 is 14.7 Å². The lowest BCUT2D eigenvalue weighted by atomic mass is 9.99. The van der Waals surface area contributed by atoms with Crippen molar-refractivity contribution in [1.82, 2.24) is 10.3 Å². The topological polar surface area (TPSA) is 77.4 Å². The molecule has 0 aliphatic carbocycles. The van der Waals surface area contributed by atoms with Crippen LogP contribution in [0.2, 0.25) is 10.0 Å². The molecule has 43 heavy (non-hydrogen) atoms. The molecule has 0 spiro atoms. The number of ether oxygens (including phenoxy) is 1. The smallest absolute Gasteiger partial charge is 0.271 e. The lowest BCUT2D eigenvalue weighted by Gasteiger charge is -2.36. The number of benzene rings is 4. The number of hydrazone groups is 1. The number of aromatic hydroxyl groups is 1. The van der Waals surface area contributed by atoms with Crippen molar-refractivity contribution >= 4 is 41.0 Å². The van der Waals surface area contributed by atoms with Gasteiger partial charge in [0, 0.05) is 56.0 Å². The molecule has 1 aliphatic heterocycles. The van der Waals surface area contributed by atoms with E-state index in [1.807, 2.05) is 49.4 Å². The average Bonchev–Trinajstić information content (AvgIpc) is 3.00. The van der Waals surface area contributed by atoms with Gasteiger partial charge in [0.1, 0.15) is 18.1 Å². The molecule has 1 amide bonds. The first-order valence-corrected chi connectivity index (χ1v) is 14.5. The van der Waals surface area contributed by atoms with Gasteiger partial charge in [0.2, 0.25) is 0 Å². The zero-order valence-corrected chi connectivity index (χ0v) is 24.8. The Balaban J connectivity index is 0.00000264. The third-order valence-corrected chi connectivity index (χ3v) is 7.74. The van der Waals surface area contributed by atoms with Crippen LogP contribution < -0.4 is 15.1 Å². The number of rotatable bonds is 9. The van der Waals surface area contributed by atoms with Crippen molar-refractivity contribution in [1.29, 1.82) is 0 Å². The molecule has 1 saturated heterocycles. The summed E-state index contributed by atoms with van der Waals surface area (Å²) >= 11 is 12.0. The number of piperazine rings is 1. The number of hydrogen-bond acceptors (Lipinski definition) is 6. The van der Waals surface area contributed by atoms with Crippen LogP contribution in [0.1, 0.15) is 30.3 Å². The van der Waals surface area contributed by atoms with E-state index in [4.69, 9.17) is 27.9 Å². The standard InChI is InChI=1S/C33H32Cl2N4O3.CH4.H2/c1-23-19-24(22-36-37-33(41)26-7-12-31(40)30(35)21-26)20-29(25-5-3-2-4-6-25)32(23)42-18-17-38-13-15-39(16-14-38)28-10-8-27(34)9-11-28;;/h2-12,19-22,40H,13-18H2,1H3,(H,37,41);1H4;1H/b36-22+;;. The third kappa shape index (κ3) is 8.29. The number of hydrogen-bond donors (Lipinski definition) is 2. The van der Waals surface area contributed by atoms with E-state index >= 15 is 0 Å². The highest BCUT2D eigenvalue weighted by Crippen LogP contribution is 2.34. The molecule has 1 fully saturated rings. The fourth-order valence-corrected chi connectivity index (χ4v) is 5.24. The van der Waals surface area contributed by atoms with Crippen LogP contribution in [-0.4, -0.2) is 61.5 Å². The molecule has 226 valence electrons. The van der Waals surface area contributed by atoms with E-state index in [0.717, 1.165) is 65.7 Å². The monoisotopic (exact) mass is 620 g/mol. The van der Waals surface area contributed by atoms with Gasteiger partial charge in [-0.2, -0.15) is 5.10 Å². The Hall–Kier alpha value is -4.04. The Labute approximate surface area is 264 Å². The van der Waals surface area contributed by atoms with Gasteiger partial charge in [-0.1, -0.05) is 61.0 Å². The Morgan fingerprint density at radius 1 is 1.00 bits per heavy atom. The number of halogens is 2. The van der Waals surface area contributed by atoms with Crippen LogP contribution in [0.4, 0.5) is 5.69 Å². The Morgan fingerprint density at radius 3 is 2.42 bits per heavy atom. The van der Waals surface area contributed by atoms with Crippen LogP contribution in [-0.2, 0) is 0 Å². The third-order valence-electron chi connectivity index (χ3n) is 7.19. The number of phenolic OH excluding ortho intramolecular Hbond substituents is 1. The SMILES string of the molecule is C.Cc1cc(/C=N/NC(=O)c2ccc(O)c(Cl)c2)cc(-c2ccccc2)c1OCCN1CCN(c2ccc(Cl)cc2)CC1.[HH]. The predicted octanol–water partition coefficient (Wildman–Crippen LogP) is 7.52. The van der Waals surface area contributed by atoms with E-state index in [1.54, 1.807) is 6.21 Å². The fourth-order valence-electron chi connectivity index (χ4n) is 4.94. The van der Waals surface area contributed by atoms with E-state index in [2.05, 4.69) is 44.6 Å². The molecular formula is C34H38Cl2N4O3. The number of nitrogens with zero attached hydrogens (tertiary/aromatic N) is 3. The van der Waals surface area contributed by atoms with Crippen LogP contribution in [0.3, 0.4) is 0 Å². The van der Waals surface area contributed by atoms with Crippen molar-refractivity contribution in [2.75, 3.05) is 44.2 Å². The first kappa shape index (κ1) is 31.9. The summed E-state index contributed by atoms with van der Waals surface area (Å²) in [6.07, 6.45) is 1.60. The minimum atomic E-state index is -0.429. The normalized spacial score (nSPS) is 13.5. The van der Waals surface area contributed by atoms with Crippen LogP contribution in [0.15, 0.2) is 90.0 Å². The summed E-state index contributed by atoms with van der Waals surface area (Å²) in [7, 11) is 0. The summed E-state index contributed by atoms with van der Waals surface area (Å²) in [5.74, 6) is 0.322. The van der Waals surface area contributed by atoms with Crippen LogP contribution in [0, 0.1) is 6.92 Å². The summed E-state index contributed by atoms with van der Waals surface area (Å²) in [4.78, 5) is 17.3. The summed E-state index contributed by atoms with van der Waals surface area (Å²) in [6, 6.07) is 26.3. The summed E-state index contributed by atoms with van der Waals surface area (Å²) in [5.41, 5.74) is 7.80. The summed E-state index contributed by atoms with van der Waals surface area (Å²) in [6.45, 7) is 7.27. The molecule has 2 N–H and O–H groups in total. The highest BCUT2D eigenvalue weighted by Gasteiger charge is 2.18. The maximum atomic E-state index is 12.5. The molecule has 0 unspecified atom stereocenters. The fraction of sp³-hybridized carbons (Fsp3) is 0.235. The number of nitrogens with one attached hydrogen (secondary N) is 1. The predicted molar refractivity (Wildman–Crippen MR) is 179 cm³/mol. The number of aryl methyl sites for hydroxylation is 1. The first-order valence-electron chi connectivity index (χ1n) is 13.7. The molecule has 4 aromatic rings. The number of anilines is 1. The van der Waals surface area contributed by atoms with E-state index in [9.17, 15) is 9.90 Å². The maximum Gasteiger partial charge on any atom is 0.271 e. The molecule has 7 nitrogen and oxygen atoms in total. The molecule has 0 radical (unpaired) electrons. The van der Waals surface area contributed by atoms with Crippen LogP contribution in [0.5, 0.6) is 11.5 Å². The Kier molecular flexibility index (Phi) is 11.1. The van der Waals surface area contributed by atoms with Crippen LogP contribution in [0.25, 0.3) is 11.1 Å². The molecule has 0 aromatic heterocycles. The van der Waals surface area contributed by atoms with Gasteiger partial charge in [0.15, 0.2) is 0 Å². The Morgan fingerprint density at radius 2 is 1.72 bits per heavy atom. The molecular weight excluding hydrogens is 583 g/mol. The van der Waals surface area contributed by atoms with Crippen molar-refractivity contribution in [3.63, 3.8) is 0 Å². The van der Waals surface area contributed by atoms with Crippen molar-refractivity contribution < 1.29 is 16.1 Å². The van der Waals surface area contributed by atoms with Gasteiger partial charge in [-0.25, -0.2) is 5.43 Å². The van der Waals surface area contributed by atoms with Gasteiger partial charge in [0.05, 0.1) is 11.2 Å². The number of amides is 1. The van der Waals surface area contributed by atoms with Gasteiger partial charge in [0.25, 0.3) is 5.91 Å². The van der Waals surface area contributed by atoms with Crippen molar-refractivity contribution in [3.8, 4) is 22.6 Å². The van der Waals surface area contributed by atoms with E-state index < -0.39 is 5.91 Å². The van der Waals surface area contributed by atoms with E-state index in [1.165, 1.54) is 23.9 Å². The molecule has 0 atom stereocenters. The molecule has 1 heterocycles. The van der Waals surface area contributed by atoms with Gasteiger partial charge in [-0.15, -0.1) is 0 Å². The highest BCUT2D eigenvalue weighted by atomic mass is 35.5. The van der Waals surface area contributed by atoms with Gasteiger partial charge >= 0.3 is 0 Å². The number of phenols is 1. The minimum Gasteiger partial charge on any atom is -0.506 e. The summed E-state index contributed by atoms with van der Waals surface area (Å²) in [5, 5.41) is 14.6. The lowest BCUT2D eigenvalue weighted by Crippen LogP contribution is -2.47. The summed E-state index contributed by atoms with van der Waals surface area (Å²) < 4.78 is 6.41. The number of carbonyl (C=O) groups is 1. The molecule has 0 bridgehead atoms. The zero-order valence-electron chi connectivity index (χ0n) is 23.3. The molecule has 9 heteroatoms. The molecule has 4 aromatic carbocycles. The second kappa shape index (κ2) is 14.9. The van der Waals surface area contributed by atoms with Crippen molar-refractivity contribution in [3.05, 3.63) is 112 Å². The second-order valence-corrected chi connectivity index (χ2v) is 10.9. The molecule has 1 aliphatic rings.